The number of pyridine rings is 1. The smallest absolute Gasteiger partial charge is 0.303 e. The topological polar surface area (TPSA) is 64.1 Å². The van der Waals surface area contributed by atoms with Gasteiger partial charge >= 0.3 is 4.34 Å². The molecule has 3 rings (SSSR count). The number of nitrogens with one attached hydrogen (secondary N) is 1. The summed E-state index contributed by atoms with van der Waals surface area (Å²) in [6.45, 7) is 5.87. The second-order valence-electron chi connectivity index (χ2n) is 7.80. The molecule has 3 aromatic rings. The first kappa shape index (κ1) is 23.5. The Kier molecular flexibility index (Phi) is 7.20. The fourth-order valence-corrected chi connectivity index (χ4v) is 5.43. The summed E-state index contributed by atoms with van der Waals surface area (Å²) in [4.78, 5) is 22.2. The highest BCUT2D eigenvalue weighted by Crippen LogP contribution is 2.28. The summed E-state index contributed by atoms with van der Waals surface area (Å²) in [7, 11) is 0.0894. The van der Waals surface area contributed by atoms with Crippen LogP contribution in [0.3, 0.4) is 0 Å². The Morgan fingerprint density at radius 1 is 1.35 bits per heavy atom. The number of rotatable bonds is 7. The van der Waals surface area contributed by atoms with Crippen LogP contribution in [-0.4, -0.2) is 40.1 Å². The van der Waals surface area contributed by atoms with Crippen molar-refractivity contribution in [3.63, 3.8) is 0 Å². The number of nitrogens with zero attached hydrogens (tertiary/aromatic N) is 2. The van der Waals surface area contributed by atoms with Crippen molar-refractivity contribution in [3.8, 4) is 18.1 Å². The summed E-state index contributed by atoms with van der Waals surface area (Å²) in [5.41, 5.74) is 2.08. The number of amides is 1. The highest BCUT2D eigenvalue weighted by molar-refractivity contribution is 7.99. The van der Waals surface area contributed by atoms with Crippen molar-refractivity contribution < 1.29 is 9.53 Å². The Labute approximate surface area is 194 Å². The van der Waals surface area contributed by atoms with Gasteiger partial charge in [0.1, 0.15) is 18.3 Å². The first-order valence-electron chi connectivity index (χ1n) is 9.56. The summed E-state index contributed by atoms with van der Waals surface area (Å²) < 4.78 is 7.15. The van der Waals surface area contributed by atoms with Gasteiger partial charge in [-0.05, 0) is 50.8 Å². The number of terminal acetylenes is 1. The van der Waals surface area contributed by atoms with Crippen LogP contribution < -0.4 is 10.1 Å². The van der Waals surface area contributed by atoms with Gasteiger partial charge in [-0.1, -0.05) is 17.3 Å². The van der Waals surface area contributed by atoms with Crippen LogP contribution >= 0.6 is 23.1 Å². The van der Waals surface area contributed by atoms with Crippen molar-refractivity contribution >= 4 is 50.8 Å². The van der Waals surface area contributed by atoms with Crippen LogP contribution in [0.25, 0.3) is 10.9 Å². The molecule has 1 unspecified atom stereocenters. The first-order chi connectivity index (χ1) is 14.6. The molecule has 0 spiro atoms. The molecule has 0 aliphatic rings. The van der Waals surface area contributed by atoms with Crippen molar-refractivity contribution in [1.29, 1.82) is 0 Å². The molecule has 0 bridgehead atoms. The number of fused-ring (bicyclic) bond motifs is 1. The molecule has 5 nitrogen and oxygen atoms in total. The third-order valence-corrected chi connectivity index (χ3v) is 8.14. The van der Waals surface area contributed by atoms with E-state index in [1.165, 1.54) is 11.8 Å². The Bertz CT molecular complexity index is 1150. The largest absolute Gasteiger partial charge is 0.470 e. The number of aromatic nitrogens is 2. The lowest BCUT2D eigenvalue weighted by molar-refractivity contribution is -0.126. The van der Waals surface area contributed by atoms with Crippen LogP contribution in [0.1, 0.15) is 30.7 Å². The molecule has 1 aromatic carbocycles. The normalized spacial score (nSPS) is 12.6. The Hall–Kier alpha value is -2.21. The molecule has 1 amide bonds. The van der Waals surface area contributed by atoms with Gasteiger partial charge in [-0.3, -0.25) is 9.78 Å². The predicted octanol–water partition coefficient (Wildman–Crippen LogP) is 4.34. The minimum atomic E-state index is -0.704. The molecule has 0 aliphatic carbocycles. The average Bonchev–Trinajstić information content (AvgIpc) is 3.23. The molecule has 162 valence electrons. The molecule has 0 aliphatic heterocycles. The second-order valence-corrected chi connectivity index (χ2v) is 11.8. The van der Waals surface area contributed by atoms with Crippen LogP contribution in [0.4, 0.5) is 0 Å². The van der Waals surface area contributed by atoms with E-state index >= 15 is 0 Å². The SMILES string of the molecule is C#Cc1cnc2c(C)cc(OC(SC)C(=O)NC(C)(C)c3csc([S+](C)C)n3)cc2c1. The van der Waals surface area contributed by atoms with Crippen molar-refractivity contribution in [1.82, 2.24) is 15.3 Å². The summed E-state index contributed by atoms with van der Waals surface area (Å²) in [6.07, 6.45) is 13.3. The van der Waals surface area contributed by atoms with Gasteiger partial charge in [0, 0.05) is 33.4 Å². The van der Waals surface area contributed by atoms with Crippen LogP contribution in [0.15, 0.2) is 34.1 Å². The van der Waals surface area contributed by atoms with Gasteiger partial charge in [0.15, 0.2) is 0 Å². The quantitative estimate of drug-likeness (QED) is 0.315. The van der Waals surface area contributed by atoms with Crippen LogP contribution in [0.5, 0.6) is 5.75 Å². The van der Waals surface area contributed by atoms with Crippen molar-refractivity contribution in [2.45, 2.75) is 36.1 Å². The molecule has 2 aromatic heterocycles. The lowest BCUT2D eigenvalue weighted by Crippen LogP contribution is -2.46. The number of thiazole rings is 1. The van der Waals surface area contributed by atoms with Crippen molar-refractivity contribution in [2.24, 2.45) is 0 Å². The molecule has 2 heterocycles. The number of hydrogen-bond donors (Lipinski definition) is 1. The van der Waals surface area contributed by atoms with E-state index in [0.29, 0.717) is 11.3 Å². The minimum Gasteiger partial charge on any atom is -0.470 e. The number of ether oxygens (including phenoxy) is 1. The number of hydrogen-bond acceptors (Lipinski definition) is 6. The van der Waals surface area contributed by atoms with Crippen LogP contribution in [0.2, 0.25) is 0 Å². The van der Waals surface area contributed by atoms with E-state index in [-0.39, 0.29) is 16.8 Å². The van der Waals surface area contributed by atoms with E-state index in [0.717, 1.165) is 26.5 Å². The highest BCUT2D eigenvalue weighted by atomic mass is 32.2. The number of aryl methyl sites for hydroxylation is 1. The van der Waals surface area contributed by atoms with E-state index in [1.807, 2.05) is 50.6 Å². The van der Waals surface area contributed by atoms with Crippen molar-refractivity contribution in [2.75, 3.05) is 18.8 Å². The van der Waals surface area contributed by atoms with E-state index in [4.69, 9.17) is 16.1 Å². The van der Waals surface area contributed by atoms with Gasteiger partial charge in [-0.25, -0.2) is 0 Å². The maximum Gasteiger partial charge on any atom is 0.303 e. The maximum absolute atomic E-state index is 13.0. The minimum absolute atomic E-state index is 0.0894. The summed E-state index contributed by atoms with van der Waals surface area (Å²) in [5.74, 6) is 3.00. The molecule has 0 saturated heterocycles. The highest BCUT2D eigenvalue weighted by Gasteiger charge is 2.31. The van der Waals surface area contributed by atoms with Gasteiger partial charge in [-0.15, -0.1) is 18.2 Å². The van der Waals surface area contributed by atoms with Gasteiger partial charge in [0.05, 0.1) is 16.7 Å². The zero-order valence-corrected chi connectivity index (χ0v) is 20.9. The molecule has 8 heteroatoms. The van der Waals surface area contributed by atoms with Gasteiger partial charge in [-0.2, -0.15) is 4.98 Å². The molecular formula is C23H26N3O2S3+. The van der Waals surface area contributed by atoms with Crippen LogP contribution in [0, 0.1) is 19.3 Å². The fourth-order valence-electron chi connectivity index (χ4n) is 3.04. The van der Waals surface area contributed by atoms with E-state index in [2.05, 4.69) is 28.7 Å². The zero-order valence-electron chi connectivity index (χ0n) is 18.5. The van der Waals surface area contributed by atoms with Gasteiger partial charge in [0.2, 0.25) is 5.44 Å². The number of thioether (sulfide) groups is 1. The molecule has 0 saturated carbocycles. The molecule has 0 fully saturated rings. The molecule has 31 heavy (non-hydrogen) atoms. The average molecular weight is 473 g/mol. The Morgan fingerprint density at radius 3 is 2.71 bits per heavy atom. The maximum atomic E-state index is 13.0. The standard InChI is InChI=1S/C23H25N3O2S3/c1-8-15-10-16-11-17(9-14(2)19(16)24-12-15)28-21(29-5)20(27)26-23(3,4)18-13-30-22(25-18)31(6)7/h1,9-13,21H,2-7H3/p+1. The van der Waals surface area contributed by atoms with E-state index in [1.54, 1.807) is 17.5 Å². The van der Waals surface area contributed by atoms with Gasteiger partial charge < -0.3 is 10.1 Å². The summed E-state index contributed by atoms with van der Waals surface area (Å²) in [5, 5.41) is 5.99. The predicted molar refractivity (Wildman–Crippen MR) is 133 cm³/mol. The third-order valence-electron chi connectivity index (χ3n) is 4.69. The summed E-state index contributed by atoms with van der Waals surface area (Å²) in [6, 6.07) is 5.66. The zero-order chi connectivity index (χ0) is 22.8. The van der Waals surface area contributed by atoms with E-state index in [9.17, 15) is 4.79 Å². The third kappa shape index (κ3) is 5.35. The van der Waals surface area contributed by atoms with E-state index < -0.39 is 11.0 Å². The van der Waals surface area contributed by atoms with Crippen molar-refractivity contribution in [3.05, 3.63) is 46.6 Å². The monoisotopic (exact) mass is 472 g/mol. The number of benzene rings is 1. The fraction of sp³-hybridized carbons (Fsp3) is 0.348. The molecule has 0 radical (unpaired) electrons. The first-order valence-corrected chi connectivity index (χ1v) is 13.8. The lowest BCUT2D eigenvalue weighted by atomic mass is 10.0. The Balaban J connectivity index is 1.80. The van der Waals surface area contributed by atoms with Gasteiger partial charge in [0.25, 0.3) is 5.91 Å². The summed E-state index contributed by atoms with van der Waals surface area (Å²) >= 11 is 2.97. The number of carbonyl (C=O) groups is 1. The second kappa shape index (κ2) is 9.51. The molecule has 1 N–H and O–H groups in total. The molecular weight excluding hydrogens is 446 g/mol. The lowest BCUT2D eigenvalue weighted by Gasteiger charge is -2.27. The number of carbonyl (C=O) groups excluding carboxylic acids is 1. The molecule has 1 atom stereocenters. The van der Waals surface area contributed by atoms with Crippen LogP contribution in [-0.2, 0) is 21.2 Å². The Morgan fingerprint density at radius 2 is 2.10 bits per heavy atom.